The third-order valence-corrected chi connectivity index (χ3v) is 25.7. The van der Waals surface area contributed by atoms with Gasteiger partial charge in [-0.3, -0.25) is 9.59 Å². The number of ketones is 2. The van der Waals surface area contributed by atoms with E-state index in [9.17, 15) is 0 Å². The Morgan fingerprint density at radius 1 is 0.319 bits per heavy atom. The largest absolute Gasteiger partial charge is 0.418 e. The number of fused-ring (bicyclic) bond motifs is 8. The molecule has 0 aromatic heterocycles. The number of hydrogen-bond donors (Lipinski definition) is 0. The zero-order chi connectivity index (χ0) is 51.3. The SMILES string of the molecule is CCO[Si](C)(C)CCc1c2c(c(CC[Si](C)(C)OCC)c3cc4cc5ccccc5cc4cc13)C(=O)c1c(c(CC[Si](C)(C)OCC)c3cc4cc5ccccc5cc4cc3c1CC[Si](C)(C)OCC)C2=O. The van der Waals surface area contributed by atoms with Crippen LogP contribution in [0.3, 0.4) is 0 Å². The van der Waals surface area contributed by atoms with Gasteiger partial charge in [-0.05, 0) is 265 Å². The predicted molar refractivity (Wildman–Crippen MR) is 315 cm³/mol. The van der Waals surface area contributed by atoms with E-state index in [0.29, 0.717) is 74.4 Å². The van der Waals surface area contributed by atoms with E-state index < -0.39 is 33.3 Å². The second-order valence-electron chi connectivity index (χ2n) is 22.7. The first kappa shape index (κ1) is 52.2. The van der Waals surface area contributed by atoms with Gasteiger partial charge in [-0.15, -0.1) is 0 Å². The number of carbonyl (C=O) groups is 2. The second kappa shape index (κ2) is 20.6. The fraction of sp³-hybridized carbons (Fsp3) is 0.387. The van der Waals surface area contributed by atoms with E-state index in [1.54, 1.807) is 0 Å². The van der Waals surface area contributed by atoms with Crippen molar-refractivity contribution in [3.63, 3.8) is 0 Å². The van der Waals surface area contributed by atoms with Crippen molar-refractivity contribution >= 4 is 109 Å². The van der Waals surface area contributed by atoms with Crippen LogP contribution in [0.2, 0.25) is 76.6 Å². The van der Waals surface area contributed by atoms with Gasteiger partial charge in [-0.1, -0.05) is 48.5 Å². The average molecular weight is 1030 g/mol. The molecule has 0 aliphatic heterocycles. The fourth-order valence-electron chi connectivity index (χ4n) is 12.0. The molecule has 0 bridgehead atoms. The van der Waals surface area contributed by atoms with Crippen molar-refractivity contribution in [1.82, 2.24) is 0 Å². The van der Waals surface area contributed by atoms with E-state index in [1.807, 2.05) is 0 Å². The standard InChI is InChI=1S/C62H76O6Si4/c1-13-65-69(5,6)29-25-49-53-37-45-33-41-21-17-18-22-42(41)34-46(45)38-54(53)50(26-30-70(7,8)66-14-2)58-57(49)61(63)59-51(27-31-71(9,10)67-15-3)55-39-47-35-43-23-19-20-24-44(43)36-48(47)40-56(55)52(60(59)62(58)64)28-32-72(11,12)68-16-4/h17-24,33-40H,13-16,25-32H2,1-12H3. The maximum absolute atomic E-state index is 16.8. The molecule has 0 N–H and O–H groups in total. The van der Waals surface area contributed by atoms with Gasteiger partial charge < -0.3 is 17.7 Å². The zero-order valence-corrected chi connectivity index (χ0v) is 49.2. The lowest BCUT2D eigenvalue weighted by Gasteiger charge is -2.32. The van der Waals surface area contributed by atoms with Crippen LogP contribution in [0.1, 0.15) is 81.8 Å². The first-order valence-electron chi connectivity index (χ1n) is 26.8. The molecule has 0 spiro atoms. The normalized spacial score (nSPS) is 13.7. The summed E-state index contributed by atoms with van der Waals surface area (Å²) in [5.41, 5.74) is 6.36. The Bertz CT molecular complexity index is 2980. The molecule has 72 heavy (non-hydrogen) atoms. The van der Waals surface area contributed by atoms with E-state index in [-0.39, 0.29) is 11.6 Å². The highest BCUT2D eigenvalue weighted by molar-refractivity contribution is 6.72. The van der Waals surface area contributed by atoms with Gasteiger partial charge in [-0.25, -0.2) is 0 Å². The minimum atomic E-state index is -2.19. The Labute approximate surface area is 432 Å². The van der Waals surface area contributed by atoms with Gasteiger partial charge in [0.1, 0.15) is 0 Å². The van der Waals surface area contributed by atoms with Crippen molar-refractivity contribution in [3.8, 4) is 0 Å². The van der Waals surface area contributed by atoms with Gasteiger partial charge in [0.2, 0.25) is 0 Å². The monoisotopic (exact) mass is 1030 g/mol. The third kappa shape index (κ3) is 10.4. The molecule has 10 heteroatoms. The first-order chi connectivity index (χ1) is 34.3. The fourth-order valence-corrected chi connectivity index (χ4v) is 19.1. The van der Waals surface area contributed by atoms with Crippen LogP contribution in [0.25, 0.3) is 64.6 Å². The predicted octanol–water partition coefficient (Wildman–Crippen LogP) is 16.5. The molecule has 1 aliphatic carbocycles. The molecule has 0 unspecified atom stereocenters. The maximum atomic E-state index is 16.8. The highest BCUT2D eigenvalue weighted by Crippen LogP contribution is 2.47. The van der Waals surface area contributed by atoms with Gasteiger partial charge >= 0.3 is 0 Å². The Morgan fingerprint density at radius 3 is 0.722 bits per heavy atom. The summed E-state index contributed by atoms with van der Waals surface area (Å²) >= 11 is 0. The molecule has 9 rings (SSSR count). The molecule has 8 aromatic carbocycles. The smallest absolute Gasteiger partial charge is 0.195 e. The van der Waals surface area contributed by atoms with E-state index >= 15 is 9.59 Å². The van der Waals surface area contributed by atoms with Crippen LogP contribution in [0.4, 0.5) is 0 Å². The lowest BCUT2D eigenvalue weighted by atomic mass is 9.71. The van der Waals surface area contributed by atoms with E-state index in [4.69, 9.17) is 17.7 Å². The molecule has 0 fully saturated rings. The Balaban J connectivity index is 1.42. The van der Waals surface area contributed by atoms with E-state index in [0.717, 1.165) is 89.5 Å². The Morgan fingerprint density at radius 2 is 0.528 bits per heavy atom. The molecule has 8 aromatic rings. The minimum Gasteiger partial charge on any atom is -0.418 e. The quantitative estimate of drug-likeness (QED) is 0.0559. The first-order valence-corrected chi connectivity index (χ1v) is 39.3. The molecular formula is C62H76O6Si4. The van der Waals surface area contributed by atoms with Crippen molar-refractivity contribution in [1.29, 1.82) is 0 Å². The van der Waals surface area contributed by atoms with Gasteiger partial charge in [0, 0.05) is 48.7 Å². The number of rotatable bonds is 20. The molecule has 6 nitrogen and oxygen atoms in total. The highest BCUT2D eigenvalue weighted by Gasteiger charge is 2.41. The van der Waals surface area contributed by atoms with Crippen molar-refractivity contribution in [2.45, 2.75) is 130 Å². The van der Waals surface area contributed by atoms with Gasteiger partial charge in [-0.2, -0.15) is 0 Å². The molecular weight excluding hydrogens is 953 g/mol. The molecule has 0 heterocycles. The molecule has 1 aliphatic rings. The Hall–Kier alpha value is -4.63. The molecule has 0 atom stereocenters. The van der Waals surface area contributed by atoms with Crippen LogP contribution in [0, 0.1) is 0 Å². The van der Waals surface area contributed by atoms with Crippen molar-refractivity contribution in [3.05, 3.63) is 142 Å². The van der Waals surface area contributed by atoms with Crippen LogP contribution >= 0.6 is 0 Å². The summed E-state index contributed by atoms with van der Waals surface area (Å²) in [6, 6.07) is 38.9. The summed E-state index contributed by atoms with van der Waals surface area (Å²) in [7, 11) is -8.74. The molecule has 0 radical (unpaired) electrons. The number of carbonyl (C=O) groups excluding carboxylic acids is 2. The summed E-state index contributed by atoms with van der Waals surface area (Å²) < 4.78 is 26.1. The molecule has 0 saturated heterocycles. The third-order valence-electron chi connectivity index (χ3n) is 15.6. The average Bonchev–Trinajstić information content (AvgIpc) is 3.32. The van der Waals surface area contributed by atoms with Gasteiger partial charge in [0.15, 0.2) is 44.8 Å². The molecule has 0 saturated carbocycles. The summed E-state index contributed by atoms with van der Waals surface area (Å²) in [4.78, 5) is 33.7. The van der Waals surface area contributed by atoms with Gasteiger partial charge in [0.25, 0.3) is 0 Å². The van der Waals surface area contributed by atoms with Crippen molar-refractivity contribution < 1.29 is 27.3 Å². The summed E-state index contributed by atoms with van der Waals surface area (Å²) in [5.74, 6) is -0.0231. The maximum Gasteiger partial charge on any atom is 0.195 e. The summed E-state index contributed by atoms with van der Waals surface area (Å²) in [5, 5.41) is 13.5. The van der Waals surface area contributed by atoms with Crippen LogP contribution in [0.5, 0.6) is 0 Å². The van der Waals surface area contributed by atoms with Crippen molar-refractivity contribution in [2.24, 2.45) is 0 Å². The molecule has 0 amide bonds. The van der Waals surface area contributed by atoms with Crippen LogP contribution in [0.15, 0.2) is 97.1 Å². The zero-order valence-electron chi connectivity index (χ0n) is 45.2. The lowest BCUT2D eigenvalue weighted by Crippen LogP contribution is -2.34. The van der Waals surface area contributed by atoms with Crippen molar-refractivity contribution in [2.75, 3.05) is 26.4 Å². The Kier molecular flexibility index (Phi) is 14.9. The number of benzene rings is 8. The minimum absolute atomic E-state index is 0.0116. The van der Waals surface area contributed by atoms with Crippen LogP contribution < -0.4 is 0 Å². The van der Waals surface area contributed by atoms with E-state index in [1.165, 1.54) is 21.5 Å². The van der Waals surface area contributed by atoms with Crippen LogP contribution in [-0.4, -0.2) is 71.3 Å². The van der Waals surface area contributed by atoms with Crippen LogP contribution in [-0.2, 0) is 43.4 Å². The van der Waals surface area contributed by atoms with E-state index in [2.05, 4.69) is 177 Å². The van der Waals surface area contributed by atoms with Gasteiger partial charge in [0.05, 0.1) is 0 Å². The number of hydrogen-bond acceptors (Lipinski definition) is 6. The highest BCUT2D eigenvalue weighted by atomic mass is 28.4. The summed E-state index contributed by atoms with van der Waals surface area (Å²) in [6.07, 6.45) is 2.54. The molecule has 376 valence electrons. The lowest BCUT2D eigenvalue weighted by molar-refractivity contribution is 0.0976. The topological polar surface area (TPSA) is 71.1 Å². The second-order valence-corrected chi connectivity index (χ2v) is 40.0. The summed E-state index contributed by atoms with van der Waals surface area (Å²) in [6.45, 7) is 29.1. The number of aryl methyl sites for hydroxylation is 4.